The van der Waals surface area contributed by atoms with E-state index in [2.05, 4.69) is 15.6 Å². The third-order valence-corrected chi connectivity index (χ3v) is 5.04. The maximum Gasteiger partial charge on any atom is 0.291 e. The van der Waals surface area contributed by atoms with Crippen LogP contribution in [0, 0.1) is 12.8 Å². The summed E-state index contributed by atoms with van der Waals surface area (Å²) in [4.78, 5) is 29.8. The molecule has 2 aromatic rings. The Bertz CT molecular complexity index is 873. The molecule has 7 heteroatoms. The molecule has 0 atom stereocenters. The molecule has 0 unspecified atom stereocenters. The number of carbonyl (C=O) groups excluding carboxylic acids is 2. The van der Waals surface area contributed by atoms with E-state index in [9.17, 15) is 9.59 Å². The lowest BCUT2D eigenvalue weighted by molar-refractivity contribution is 0.0943. The van der Waals surface area contributed by atoms with Gasteiger partial charge in [0.15, 0.2) is 5.82 Å². The van der Waals surface area contributed by atoms with Crippen LogP contribution in [0.5, 0.6) is 0 Å². The minimum absolute atomic E-state index is 0.216. The molecular formula is C20H25ClN4O2. The molecule has 0 bridgehead atoms. The maximum absolute atomic E-state index is 12.8. The van der Waals surface area contributed by atoms with E-state index in [0.29, 0.717) is 35.4 Å². The Morgan fingerprint density at radius 3 is 2.74 bits per heavy atom. The Kier molecular flexibility index (Phi) is 5.85. The molecule has 0 fully saturated rings. The van der Waals surface area contributed by atoms with Crippen LogP contribution in [0.2, 0.25) is 5.02 Å². The molecule has 3 rings (SSSR count). The van der Waals surface area contributed by atoms with Gasteiger partial charge in [0.2, 0.25) is 0 Å². The van der Waals surface area contributed by atoms with E-state index in [1.54, 1.807) is 12.1 Å². The largest absolute Gasteiger partial charge is 0.350 e. The average molecular weight is 389 g/mol. The number of halogens is 1. The van der Waals surface area contributed by atoms with Crippen LogP contribution in [0.25, 0.3) is 0 Å². The van der Waals surface area contributed by atoms with Crippen LogP contribution in [0.4, 0.5) is 5.69 Å². The number of rotatable bonds is 5. The first kappa shape index (κ1) is 19.4. The summed E-state index contributed by atoms with van der Waals surface area (Å²) in [6, 6.07) is 5.37. The summed E-state index contributed by atoms with van der Waals surface area (Å²) in [6.07, 6.45) is 2.71. The van der Waals surface area contributed by atoms with Crippen LogP contribution < -0.4 is 10.6 Å². The molecule has 1 aromatic carbocycles. The molecular weight excluding hydrogens is 364 g/mol. The van der Waals surface area contributed by atoms with Gasteiger partial charge in [0.1, 0.15) is 5.69 Å². The number of nitrogens with one attached hydrogen (secondary N) is 2. The molecule has 1 aliphatic heterocycles. The Labute approximate surface area is 164 Å². The van der Waals surface area contributed by atoms with Gasteiger partial charge in [-0.1, -0.05) is 31.5 Å². The third kappa shape index (κ3) is 4.33. The first-order chi connectivity index (χ1) is 12.9. The highest BCUT2D eigenvalue weighted by Crippen LogP contribution is 2.23. The number of imidazole rings is 1. The van der Waals surface area contributed by atoms with Crippen LogP contribution in [-0.2, 0) is 13.0 Å². The second-order valence-corrected chi connectivity index (χ2v) is 7.77. The van der Waals surface area contributed by atoms with Crippen molar-refractivity contribution in [2.75, 3.05) is 11.9 Å². The van der Waals surface area contributed by atoms with Crippen LogP contribution in [0.15, 0.2) is 18.2 Å². The van der Waals surface area contributed by atoms with E-state index >= 15 is 0 Å². The second kappa shape index (κ2) is 8.13. The van der Waals surface area contributed by atoms with E-state index in [-0.39, 0.29) is 17.6 Å². The fraction of sp³-hybridized carbons (Fsp3) is 0.450. The summed E-state index contributed by atoms with van der Waals surface area (Å²) in [7, 11) is 0. The Balaban J connectivity index is 1.87. The molecule has 2 N–H and O–H groups in total. The predicted octanol–water partition coefficient (Wildman–Crippen LogP) is 3.82. The van der Waals surface area contributed by atoms with E-state index in [1.807, 2.05) is 31.4 Å². The lowest BCUT2D eigenvalue weighted by Crippen LogP contribution is -2.29. The number of aromatic nitrogens is 2. The van der Waals surface area contributed by atoms with Gasteiger partial charge in [0.05, 0.1) is 5.69 Å². The van der Waals surface area contributed by atoms with Crippen molar-refractivity contribution in [3.8, 4) is 0 Å². The van der Waals surface area contributed by atoms with Gasteiger partial charge in [0.25, 0.3) is 11.8 Å². The highest BCUT2D eigenvalue weighted by Gasteiger charge is 2.27. The number of anilines is 1. The van der Waals surface area contributed by atoms with Crippen molar-refractivity contribution in [1.29, 1.82) is 0 Å². The smallest absolute Gasteiger partial charge is 0.291 e. The molecule has 0 spiro atoms. The van der Waals surface area contributed by atoms with Crippen molar-refractivity contribution < 1.29 is 9.59 Å². The summed E-state index contributed by atoms with van der Waals surface area (Å²) in [6.45, 7) is 7.25. The zero-order chi connectivity index (χ0) is 19.6. The molecule has 1 aliphatic rings. The van der Waals surface area contributed by atoms with Crippen molar-refractivity contribution in [1.82, 2.24) is 14.9 Å². The van der Waals surface area contributed by atoms with Gasteiger partial charge in [0, 0.05) is 23.8 Å². The summed E-state index contributed by atoms with van der Waals surface area (Å²) < 4.78 is 1.87. The first-order valence-electron chi connectivity index (χ1n) is 9.32. The topological polar surface area (TPSA) is 76.0 Å². The molecule has 0 saturated heterocycles. The monoisotopic (exact) mass is 388 g/mol. The van der Waals surface area contributed by atoms with Crippen molar-refractivity contribution in [2.45, 2.75) is 46.6 Å². The summed E-state index contributed by atoms with van der Waals surface area (Å²) >= 11 is 6.14. The van der Waals surface area contributed by atoms with Gasteiger partial charge >= 0.3 is 0 Å². The minimum atomic E-state index is -0.332. The first-order valence-corrected chi connectivity index (χ1v) is 9.69. The Morgan fingerprint density at radius 1 is 1.26 bits per heavy atom. The predicted molar refractivity (Wildman–Crippen MR) is 106 cm³/mol. The molecule has 27 heavy (non-hydrogen) atoms. The maximum atomic E-state index is 12.8. The summed E-state index contributed by atoms with van der Waals surface area (Å²) in [5.74, 6) is 0.0744. The fourth-order valence-corrected chi connectivity index (χ4v) is 3.32. The minimum Gasteiger partial charge on any atom is -0.350 e. The molecule has 1 aromatic heterocycles. The Morgan fingerprint density at radius 2 is 2.04 bits per heavy atom. The number of nitrogens with zero attached hydrogens (tertiary/aromatic N) is 2. The van der Waals surface area contributed by atoms with Gasteiger partial charge < -0.3 is 15.2 Å². The molecule has 2 heterocycles. The van der Waals surface area contributed by atoms with Crippen LogP contribution in [0.3, 0.4) is 0 Å². The number of hydrogen-bond acceptors (Lipinski definition) is 3. The number of carbonyl (C=O) groups is 2. The van der Waals surface area contributed by atoms with Gasteiger partial charge in [-0.2, -0.15) is 0 Å². The van der Waals surface area contributed by atoms with Gasteiger partial charge in [-0.05, 0) is 49.8 Å². The van der Waals surface area contributed by atoms with Crippen LogP contribution >= 0.6 is 11.6 Å². The fourth-order valence-electron chi connectivity index (χ4n) is 3.14. The lowest BCUT2D eigenvalue weighted by atomic mass is 10.1. The van der Waals surface area contributed by atoms with E-state index in [0.717, 1.165) is 30.5 Å². The van der Waals surface area contributed by atoms with E-state index in [4.69, 9.17) is 11.6 Å². The van der Waals surface area contributed by atoms with Gasteiger partial charge in [-0.3, -0.25) is 9.59 Å². The molecule has 144 valence electrons. The Hall–Kier alpha value is -2.34. The molecule has 0 radical (unpaired) electrons. The van der Waals surface area contributed by atoms with E-state index in [1.165, 1.54) is 0 Å². The highest BCUT2D eigenvalue weighted by atomic mass is 35.5. The summed E-state index contributed by atoms with van der Waals surface area (Å²) in [5.41, 5.74) is 2.75. The van der Waals surface area contributed by atoms with E-state index < -0.39 is 0 Å². The zero-order valence-corrected chi connectivity index (χ0v) is 16.7. The summed E-state index contributed by atoms with van der Waals surface area (Å²) in [5, 5.41) is 6.33. The van der Waals surface area contributed by atoms with Crippen molar-refractivity contribution in [2.24, 2.45) is 5.92 Å². The molecule has 6 nitrogen and oxygen atoms in total. The highest BCUT2D eigenvalue weighted by molar-refractivity contribution is 6.31. The van der Waals surface area contributed by atoms with Crippen LogP contribution in [-0.4, -0.2) is 27.9 Å². The molecule has 2 amide bonds. The SMILES string of the molecule is Cc1ccc(NC(=O)c2nc(C(=O)NCC(C)C)c3n2CCCC3)cc1Cl. The number of amides is 2. The molecule has 0 aliphatic carbocycles. The number of hydrogen-bond donors (Lipinski definition) is 2. The normalized spacial score (nSPS) is 13.4. The second-order valence-electron chi connectivity index (χ2n) is 7.36. The van der Waals surface area contributed by atoms with Gasteiger partial charge in [-0.15, -0.1) is 0 Å². The number of aryl methyl sites for hydroxylation is 1. The number of fused-ring (bicyclic) bond motifs is 1. The molecule has 0 saturated carbocycles. The van der Waals surface area contributed by atoms with Crippen molar-refractivity contribution in [3.05, 3.63) is 46.0 Å². The number of benzene rings is 1. The average Bonchev–Trinajstić information content (AvgIpc) is 3.02. The standard InChI is InChI=1S/C20H25ClN4O2/c1-12(2)11-22-19(26)17-16-6-4-5-9-25(16)18(24-17)20(27)23-14-8-7-13(3)15(21)10-14/h7-8,10,12H,4-6,9,11H2,1-3H3,(H,22,26)(H,23,27). The van der Waals surface area contributed by atoms with Crippen molar-refractivity contribution in [3.63, 3.8) is 0 Å². The quantitative estimate of drug-likeness (QED) is 0.817. The third-order valence-electron chi connectivity index (χ3n) is 4.64. The zero-order valence-electron chi connectivity index (χ0n) is 15.9. The van der Waals surface area contributed by atoms with Crippen LogP contribution in [0.1, 0.15) is 59.1 Å². The van der Waals surface area contributed by atoms with Crippen molar-refractivity contribution >= 4 is 29.1 Å². The lowest BCUT2D eigenvalue weighted by Gasteiger charge is -2.17. The van der Waals surface area contributed by atoms with Gasteiger partial charge in [-0.25, -0.2) is 4.98 Å².